The summed E-state index contributed by atoms with van der Waals surface area (Å²) in [6, 6.07) is 7.55. The summed E-state index contributed by atoms with van der Waals surface area (Å²) in [5.41, 5.74) is 0.384. The third kappa shape index (κ3) is 3.17. The Morgan fingerprint density at radius 3 is 2.65 bits per heavy atom. The Balaban J connectivity index is 2.36. The average molecular weight is 289 g/mol. The molecule has 0 radical (unpaired) electrons. The maximum absolute atomic E-state index is 7.71. The molecule has 2 rings (SSSR count). The van der Waals surface area contributed by atoms with Crippen molar-refractivity contribution in [2.75, 3.05) is 0 Å². The molecule has 0 bridgehead atoms. The van der Waals surface area contributed by atoms with Crippen molar-refractivity contribution in [3.05, 3.63) is 58.9 Å². The van der Waals surface area contributed by atoms with Crippen LogP contribution in [0, 0.1) is 6.57 Å². The van der Waals surface area contributed by atoms with E-state index in [-0.39, 0.29) is 0 Å². The van der Waals surface area contributed by atoms with Crippen LogP contribution in [0.2, 0.25) is 5.02 Å². The molecule has 4 nitrogen and oxygen atoms in total. The molecule has 0 aliphatic rings. The monoisotopic (exact) mass is 288 g/mol. The van der Waals surface area contributed by atoms with Crippen molar-refractivity contribution in [2.45, 2.75) is 38.3 Å². The fraction of sp³-hybridized carbons (Fsp3) is 0.400. The number of benzene rings is 1. The number of rotatable bonds is 6. The van der Waals surface area contributed by atoms with E-state index in [1.54, 1.807) is 11.0 Å². The Hall–Kier alpha value is -1.86. The van der Waals surface area contributed by atoms with Gasteiger partial charge in [-0.2, -0.15) is 5.10 Å². The Labute approximate surface area is 124 Å². The molecule has 1 heterocycles. The first-order chi connectivity index (χ1) is 9.70. The van der Waals surface area contributed by atoms with Gasteiger partial charge in [-0.05, 0) is 30.7 Å². The van der Waals surface area contributed by atoms with E-state index in [4.69, 9.17) is 18.2 Å². The number of nitrogens with zero attached hydrogens (tertiary/aromatic N) is 4. The number of halogens is 1. The van der Waals surface area contributed by atoms with Gasteiger partial charge in [0.15, 0.2) is 0 Å². The topological polar surface area (TPSA) is 35.1 Å². The first-order valence-electron chi connectivity index (χ1n) is 6.67. The van der Waals surface area contributed by atoms with Crippen molar-refractivity contribution in [3.8, 4) is 0 Å². The summed E-state index contributed by atoms with van der Waals surface area (Å²) in [6.07, 6.45) is 6.01. The second-order valence-corrected chi connectivity index (χ2v) is 5.28. The Morgan fingerprint density at radius 1 is 1.35 bits per heavy atom. The van der Waals surface area contributed by atoms with Crippen molar-refractivity contribution in [1.29, 1.82) is 0 Å². The van der Waals surface area contributed by atoms with Gasteiger partial charge in [-0.15, -0.1) is 0 Å². The van der Waals surface area contributed by atoms with Crippen LogP contribution < -0.4 is 0 Å². The van der Waals surface area contributed by atoms with Gasteiger partial charge in [-0.3, -0.25) is 0 Å². The van der Waals surface area contributed by atoms with Gasteiger partial charge in [0, 0.05) is 17.0 Å². The third-order valence-electron chi connectivity index (χ3n) is 3.43. The smallest absolute Gasteiger partial charge is 0.276 e. The van der Waals surface area contributed by atoms with Gasteiger partial charge < -0.3 is 4.85 Å². The normalized spacial score (nSPS) is 13.7. The Kier molecular flexibility index (Phi) is 4.75. The largest absolute Gasteiger partial charge is 0.303 e. The van der Waals surface area contributed by atoms with Gasteiger partial charge in [0.05, 0.1) is 0 Å². The molecule has 1 atom stereocenters. The number of aromatic nitrogens is 3. The molecule has 20 heavy (non-hydrogen) atoms. The standard InChI is InChI=1S/C15H17ClN4/c1-3-4-9-15(17-2,10-20-12-18-11-19-20)13-5-7-14(16)8-6-13/h5-8,11-12H,3-4,9-10H2,1H3. The molecule has 5 heteroatoms. The maximum atomic E-state index is 7.71. The highest BCUT2D eigenvalue weighted by Crippen LogP contribution is 2.34. The zero-order valence-electron chi connectivity index (χ0n) is 11.5. The number of unbranched alkanes of at least 4 members (excludes halogenated alkanes) is 1. The van der Waals surface area contributed by atoms with Crippen LogP contribution in [0.15, 0.2) is 36.9 Å². The highest BCUT2D eigenvalue weighted by atomic mass is 35.5. The molecule has 2 aromatic rings. The van der Waals surface area contributed by atoms with E-state index in [0.717, 1.165) is 24.8 Å². The van der Waals surface area contributed by atoms with Gasteiger partial charge >= 0.3 is 0 Å². The fourth-order valence-corrected chi connectivity index (χ4v) is 2.41. The summed E-state index contributed by atoms with van der Waals surface area (Å²) >= 11 is 5.95. The molecule has 0 fully saturated rings. The highest BCUT2D eigenvalue weighted by Gasteiger charge is 2.39. The molecule has 0 aliphatic heterocycles. The molecule has 1 unspecified atom stereocenters. The molecular weight excluding hydrogens is 272 g/mol. The fourth-order valence-electron chi connectivity index (χ4n) is 2.28. The molecule has 0 saturated heterocycles. The van der Waals surface area contributed by atoms with E-state index in [1.165, 1.54) is 6.33 Å². The summed E-state index contributed by atoms with van der Waals surface area (Å²) in [5, 5.41) is 4.82. The molecule has 0 spiro atoms. The van der Waals surface area contributed by atoms with Gasteiger partial charge in [-0.25, -0.2) is 16.2 Å². The van der Waals surface area contributed by atoms with Gasteiger partial charge in [-0.1, -0.05) is 24.9 Å². The van der Waals surface area contributed by atoms with Crippen LogP contribution in [0.3, 0.4) is 0 Å². The van der Waals surface area contributed by atoms with Crippen LogP contribution in [0.25, 0.3) is 4.85 Å². The summed E-state index contributed by atoms with van der Waals surface area (Å²) < 4.78 is 1.72. The zero-order chi connectivity index (χ0) is 14.4. The van der Waals surface area contributed by atoms with E-state index >= 15 is 0 Å². The van der Waals surface area contributed by atoms with Crippen LogP contribution in [0.4, 0.5) is 0 Å². The molecule has 0 aliphatic carbocycles. The van der Waals surface area contributed by atoms with Crippen molar-refractivity contribution in [2.24, 2.45) is 0 Å². The van der Waals surface area contributed by atoms with E-state index < -0.39 is 5.54 Å². The van der Waals surface area contributed by atoms with Crippen LogP contribution in [0.5, 0.6) is 0 Å². The molecule has 0 amide bonds. The second-order valence-electron chi connectivity index (χ2n) is 4.85. The lowest BCUT2D eigenvalue weighted by Crippen LogP contribution is -2.28. The molecule has 0 saturated carbocycles. The van der Waals surface area contributed by atoms with Crippen molar-refractivity contribution < 1.29 is 0 Å². The molecular formula is C15H17ClN4. The van der Waals surface area contributed by atoms with Gasteiger partial charge in [0.25, 0.3) is 5.54 Å². The predicted octanol–water partition coefficient (Wildman–Crippen LogP) is 3.94. The number of hydrogen-bond donors (Lipinski definition) is 0. The average Bonchev–Trinajstić information content (AvgIpc) is 2.97. The lowest BCUT2D eigenvalue weighted by atomic mass is 9.85. The van der Waals surface area contributed by atoms with E-state index in [9.17, 15) is 0 Å². The highest BCUT2D eigenvalue weighted by molar-refractivity contribution is 6.30. The van der Waals surface area contributed by atoms with Crippen LogP contribution >= 0.6 is 11.6 Å². The SMILES string of the molecule is [C-]#[N+]C(CCCC)(Cn1cncn1)c1ccc(Cl)cc1. The maximum Gasteiger partial charge on any atom is 0.276 e. The Bertz CT molecular complexity index is 571. The lowest BCUT2D eigenvalue weighted by Gasteiger charge is -2.22. The summed E-state index contributed by atoms with van der Waals surface area (Å²) in [7, 11) is 0. The summed E-state index contributed by atoms with van der Waals surface area (Å²) in [5.74, 6) is 0. The quantitative estimate of drug-likeness (QED) is 0.755. The molecule has 1 aromatic heterocycles. The van der Waals surface area contributed by atoms with Crippen molar-refractivity contribution in [1.82, 2.24) is 14.8 Å². The first-order valence-corrected chi connectivity index (χ1v) is 7.05. The Morgan fingerprint density at radius 2 is 2.10 bits per heavy atom. The minimum Gasteiger partial charge on any atom is -0.303 e. The van der Waals surface area contributed by atoms with E-state index in [0.29, 0.717) is 11.6 Å². The lowest BCUT2D eigenvalue weighted by molar-refractivity contribution is 0.377. The van der Waals surface area contributed by atoms with E-state index in [2.05, 4.69) is 21.9 Å². The molecule has 0 N–H and O–H groups in total. The second kappa shape index (κ2) is 6.53. The van der Waals surface area contributed by atoms with Crippen LogP contribution in [-0.4, -0.2) is 14.8 Å². The minimum absolute atomic E-state index is 0.512. The first kappa shape index (κ1) is 14.5. The predicted molar refractivity (Wildman–Crippen MR) is 79.3 cm³/mol. The molecule has 1 aromatic carbocycles. The van der Waals surface area contributed by atoms with Crippen LogP contribution in [0.1, 0.15) is 31.7 Å². The number of hydrogen-bond acceptors (Lipinski definition) is 2. The van der Waals surface area contributed by atoms with Gasteiger partial charge in [0.1, 0.15) is 19.2 Å². The van der Waals surface area contributed by atoms with Gasteiger partial charge in [0.2, 0.25) is 0 Å². The van der Waals surface area contributed by atoms with E-state index in [1.807, 2.05) is 24.3 Å². The van der Waals surface area contributed by atoms with Crippen molar-refractivity contribution in [3.63, 3.8) is 0 Å². The van der Waals surface area contributed by atoms with Crippen LogP contribution in [-0.2, 0) is 12.1 Å². The van der Waals surface area contributed by atoms with Crippen molar-refractivity contribution >= 4 is 11.6 Å². The zero-order valence-corrected chi connectivity index (χ0v) is 12.2. The summed E-state index contributed by atoms with van der Waals surface area (Å²) in [4.78, 5) is 7.91. The summed E-state index contributed by atoms with van der Waals surface area (Å²) in [6.45, 7) is 10.4. The minimum atomic E-state index is -0.603. The third-order valence-corrected chi connectivity index (χ3v) is 3.68. The molecule has 104 valence electrons.